The molecule has 0 unspecified atom stereocenters. The second-order valence-corrected chi connectivity index (χ2v) is 3.04. The van der Waals surface area contributed by atoms with E-state index in [0.717, 1.165) is 0 Å². The Morgan fingerprint density at radius 3 is 2.71 bits per heavy atom. The van der Waals surface area contributed by atoms with Crippen LogP contribution in [0.25, 0.3) is 0 Å². The van der Waals surface area contributed by atoms with Crippen LogP contribution < -0.4 is 5.56 Å². The largest absolute Gasteiger partial charge is 0.462 e. The first-order valence-corrected chi connectivity index (χ1v) is 4.44. The minimum absolute atomic E-state index is 0.243. The van der Waals surface area contributed by atoms with Gasteiger partial charge in [-0.15, -0.1) is 0 Å². The molecule has 0 atom stereocenters. The lowest BCUT2D eigenvalue weighted by Gasteiger charge is -2.05. The van der Waals surface area contributed by atoms with Crippen LogP contribution in [0.1, 0.15) is 28.5 Å². The summed E-state index contributed by atoms with van der Waals surface area (Å²) in [5.74, 6) is -0.445. The Balaban J connectivity index is 3.20. The summed E-state index contributed by atoms with van der Waals surface area (Å²) in [5, 5.41) is 0. The van der Waals surface area contributed by atoms with Gasteiger partial charge >= 0.3 is 5.97 Å². The molecule has 0 aliphatic rings. The van der Waals surface area contributed by atoms with Crippen LogP contribution in [0.4, 0.5) is 0 Å². The summed E-state index contributed by atoms with van der Waals surface area (Å²) < 4.78 is 4.83. The molecule has 0 spiro atoms. The van der Waals surface area contributed by atoms with Crippen molar-refractivity contribution >= 4 is 5.97 Å². The number of aromatic nitrogens is 1. The number of rotatable bonds is 2. The molecule has 1 rings (SSSR count). The normalized spacial score (nSPS) is 9.93. The maximum absolute atomic E-state index is 11.4. The molecule has 1 aromatic rings. The van der Waals surface area contributed by atoms with Gasteiger partial charge in [-0.3, -0.25) is 4.79 Å². The fourth-order valence-corrected chi connectivity index (χ4v) is 1.18. The number of aromatic amines is 1. The number of aryl methyl sites for hydroxylation is 1. The molecule has 0 aromatic carbocycles. The molecule has 4 heteroatoms. The third-order valence-corrected chi connectivity index (χ3v) is 1.91. The van der Waals surface area contributed by atoms with E-state index >= 15 is 0 Å². The van der Waals surface area contributed by atoms with E-state index in [4.69, 9.17) is 4.74 Å². The number of hydrogen-bond acceptors (Lipinski definition) is 3. The number of ether oxygens (including phenoxy) is 1. The van der Waals surface area contributed by atoms with E-state index in [2.05, 4.69) is 4.98 Å². The maximum Gasteiger partial charge on any atom is 0.338 e. The molecule has 1 aromatic heterocycles. The molecular weight excluding hydrogens is 182 g/mol. The van der Waals surface area contributed by atoms with Gasteiger partial charge in [0.25, 0.3) is 5.56 Å². The van der Waals surface area contributed by atoms with E-state index in [1.54, 1.807) is 26.8 Å². The van der Waals surface area contributed by atoms with Crippen molar-refractivity contribution in [3.8, 4) is 0 Å². The molecule has 0 saturated heterocycles. The van der Waals surface area contributed by atoms with Crippen LogP contribution in [0.15, 0.2) is 10.9 Å². The zero-order chi connectivity index (χ0) is 10.7. The van der Waals surface area contributed by atoms with Crippen LogP contribution >= 0.6 is 0 Å². The van der Waals surface area contributed by atoms with Crippen molar-refractivity contribution < 1.29 is 9.53 Å². The predicted octanol–water partition coefficient (Wildman–Crippen LogP) is 1.17. The van der Waals surface area contributed by atoms with Crippen molar-refractivity contribution in [1.29, 1.82) is 0 Å². The summed E-state index contributed by atoms with van der Waals surface area (Å²) >= 11 is 0. The van der Waals surface area contributed by atoms with E-state index in [9.17, 15) is 9.59 Å². The molecule has 0 saturated carbocycles. The van der Waals surface area contributed by atoms with Gasteiger partial charge in [0.2, 0.25) is 0 Å². The second kappa shape index (κ2) is 4.09. The fraction of sp³-hybridized carbons (Fsp3) is 0.400. The second-order valence-electron chi connectivity index (χ2n) is 3.04. The lowest BCUT2D eigenvalue weighted by atomic mass is 10.1. The lowest BCUT2D eigenvalue weighted by molar-refractivity contribution is 0.0525. The average Bonchev–Trinajstić information content (AvgIpc) is 2.11. The zero-order valence-electron chi connectivity index (χ0n) is 8.51. The Morgan fingerprint density at radius 1 is 1.50 bits per heavy atom. The molecule has 0 aliphatic heterocycles. The summed E-state index contributed by atoms with van der Waals surface area (Å²) in [5.41, 5.74) is 1.15. The molecule has 0 radical (unpaired) electrons. The fourth-order valence-electron chi connectivity index (χ4n) is 1.18. The minimum atomic E-state index is -0.445. The van der Waals surface area contributed by atoms with Crippen LogP contribution in [0.3, 0.4) is 0 Å². The van der Waals surface area contributed by atoms with Crippen molar-refractivity contribution in [3.05, 3.63) is 33.2 Å². The number of pyridine rings is 1. The van der Waals surface area contributed by atoms with Crippen LogP contribution in [0.5, 0.6) is 0 Å². The monoisotopic (exact) mass is 195 g/mol. The summed E-state index contributed by atoms with van der Waals surface area (Å²) in [6.07, 6.45) is 0. The summed E-state index contributed by atoms with van der Waals surface area (Å²) in [7, 11) is 0. The van der Waals surface area contributed by atoms with Gasteiger partial charge < -0.3 is 9.72 Å². The summed E-state index contributed by atoms with van der Waals surface area (Å²) in [6, 6.07) is 1.62. The molecule has 14 heavy (non-hydrogen) atoms. The number of nitrogens with one attached hydrogen (secondary N) is 1. The van der Waals surface area contributed by atoms with Gasteiger partial charge in [0.05, 0.1) is 12.2 Å². The number of H-pyrrole nitrogens is 1. The van der Waals surface area contributed by atoms with E-state index in [0.29, 0.717) is 23.4 Å². The van der Waals surface area contributed by atoms with Crippen molar-refractivity contribution in [3.63, 3.8) is 0 Å². The van der Waals surface area contributed by atoms with Crippen LogP contribution in [-0.2, 0) is 4.74 Å². The quantitative estimate of drug-likeness (QED) is 0.720. The van der Waals surface area contributed by atoms with Crippen molar-refractivity contribution in [2.24, 2.45) is 0 Å². The first kappa shape index (κ1) is 10.5. The highest BCUT2D eigenvalue weighted by Crippen LogP contribution is 2.05. The topological polar surface area (TPSA) is 59.2 Å². The zero-order valence-corrected chi connectivity index (χ0v) is 8.51. The first-order chi connectivity index (χ1) is 6.56. The molecule has 4 nitrogen and oxygen atoms in total. The number of carbonyl (C=O) groups is 1. The summed E-state index contributed by atoms with van der Waals surface area (Å²) in [4.78, 5) is 25.3. The van der Waals surface area contributed by atoms with Gasteiger partial charge in [0, 0.05) is 11.3 Å². The van der Waals surface area contributed by atoms with Gasteiger partial charge in [-0.05, 0) is 26.8 Å². The van der Waals surface area contributed by atoms with E-state index in [1.165, 1.54) is 0 Å². The third kappa shape index (κ3) is 2.02. The average molecular weight is 195 g/mol. The standard InChI is InChI=1S/C10H13NO3/c1-4-14-10(13)8-5-6(2)11-9(12)7(8)3/h5H,4H2,1-3H3,(H,11,12). The van der Waals surface area contributed by atoms with Gasteiger partial charge in [-0.2, -0.15) is 0 Å². The molecule has 0 amide bonds. The van der Waals surface area contributed by atoms with Crippen LogP contribution in [-0.4, -0.2) is 17.6 Å². The van der Waals surface area contributed by atoms with Gasteiger partial charge in [-0.25, -0.2) is 4.79 Å². The van der Waals surface area contributed by atoms with E-state index in [1.807, 2.05) is 0 Å². The predicted molar refractivity (Wildman–Crippen MR) is 52.5 cm³/mol. The lowest BCUT2D eigenvalue weighted by Crippen LogP contribution is -2.18. The molecule has 1 heterocycles. The molecule has 0 bridgehead atoms. The maximum atomic E-state index is 11.4. The Kier molecular flexibility index (Phi) is 3.06. The van der Waals surface area contributed by atoms with Crippen molar-refractivity contribution in [2.75, 3.05) is 6.61 Å². The highest BCUT2D eigenvalue weighted by Gasteiger charge is 2.12. The Morgan fingerprint density at radius 2 is 2.14 bits per heavy atom. The smallest absolute Gasteiger partial charge is 0.338 e. The van der Waals surface area contributed by atoms with Crippen molar-refractivity contribution in [1.82, 2.24) is 4.98 Å². The number of carbonyl (C=O) groups excluding carboxylic acids is 1. The first-order valence-electron chi connectivity index (χ1n) is 4.44. The minimum Gasteiger partial charge on any atom is -0.462 e. The number of esters is 1. The van der Waals surface area contributed by atoms with E-state index < -0.39 is 5.97 Å². The number of hydrogen-bond donors (Lipinski definition) is 1. The van der Waals surface area contributed by atoms with Gasteiger partial charge in [-0.1, -0.05) is 0 Å². The highest BCUT2D eigenvalue weighted by atomic mass is 16.5. The summed E-state index contributed by atoms with van der Waals surface area (Å²) in [6.45, 7) is 5.37. The Labute approximate surface area is 81.9 Å². The molecule has 76 valence electrons. The van der Waals surface area contributed by atoms with Gasteiger partial charge in [0.1, 0.15) is 0 Å². The SMILES string of the molecule is CCOC(=O)c1cc(C)[nH]c(=O)c1C. The third-order valence-electron chi connectivity index (χ3n) is 1.91. The van der Waals surface area contributed by atoms with Gasteiger partial charge in [0.15, 0.2) is 0 Å². The van der Waals surface area contributed by atoms with Crippen LogP contribution in [0.2, 0.25) is 0 Å². The molecule has 1 N–H and O–H groups in total. The van der Waals surface area contributed by atoms with E-state index in [-0.39, 0.29) is 5.56 Å². The molecule has 0 aliphatic carbocycles. The molecular formula is C10H13NO3. The Bertz CT molecular complexity index is 406. The van der Waals surface area contributed by atoms with Crippen LogP contribution in [0, 0.1) is 13.8 Å². The van der Waals surface area contributed by atoms with Crippen molar-refractivity contribution in [2.45, 2.75) is 20.8 Å². The highest BCUT2D eigenvalue weighted by molar-refractivity contribution is 5.90. The Hall–Kier alpha value is -1.58. The molecule has 0 fully saturated rings.